The molecule has 4 rings (SSSR count). The zero-order valence-corrected chi connectivity index (χ0v) is 15.0. The number of aryl methyl sites for hydroxylation is 2. The largest absolute Gasteiger partial charge is 0.496 e. The standard InChI is InChI=1S/C19H18N6O/c1-10-5-6-14(26-4)11(2)17(10)25-18-15(12(7-20)19(25)21)22-8-13-16(18)23-9-24(13)3/h5-6,8-9H,21H2,1-4H3. The SMILES string of the molecule is COc1ccc(C)c(-n2c(N)c(C#N)c3ncc4c(ncn4C)c32)c1C. The second-order valence-electron chi connectivity index (χ2n) is 6.31. The summed E-state index contributed by atoms with van der Waals surface area (Å²) in [5.74, 6) is 1.11. The third-order valence-corrected chi connectivity index (χ3v) is 4.84. The number of pyridine rings is 1. The fraction of sp³-hybridized carbons (Fsp3) is 0.211. The van der Waals surface area contributed by atoms with Gasteiger partial charge in [0, 0.05) is 12.6 Å². The second-order valence-corrected chi connectivity index (χ2v) is 6.31. The van der Waals surface area contributed by atoms with Crippen molar-refractivity contribution in [2.24, 2.45) is 7.05 Å². The topological polar surface area (TPSA) is 94.7 Å². The molecular formula is C19H18N6O. The van der Waals surface area contributed by atoms with Crippen molar-refractivity contribution in [3.05, 3.63) is 41.3 Å². The van der Waals surface area contributed by atoms with Crippen LogP contribution in [0.3, 0.4) is 0 Å². The van der Waals surface area contributed by atoms with Crippen molar-refractivity contribution in [1.82, 2.24) is 19.1 Å². The van der Waals surface area contributed by atoms with E-state index in [1.807, 2.05) is 42.2 Å². The lowest BCUT2D eigenvalue weighted by atomic mass is 10.1. The number of ether oxygens (including phenoxy) is 1. The minimum atomic E-state index is 0.354. The van der Waals surface area contributed by atoms with Gasteiger partial charge in [-0.1, -0.05) is 6.07 Å². The molecule has 0 aliphatic heterocycles. The number of benzene rings is 1. The van der Waals surface area contributed by atoms with Gasteiger partial charge < -0.3 is 15.0 Å². The summed E-state index contributed by atoms with van der Waals surface area (Å²) in [7, 11) is 3.55. The van der Waals surface area contributed by atoms with Crippen LogP contribution in [0.2, 0.25) is 0 Å². The van der Waals surface area contributed by atoms with Crippen molar-refractivity contribution in [1.29, 1.82) is 5.26 Å². The first-order valence-corrected chi connectivity index (χ1v) is 8.14. The smallest absolute Gasteiger partial charge is 0.129 e. The maximum absolute atomic E-state index is 9.66. The number of rotatable bonds is 2. The summed E-state index contributed by atoms with van der Waals surface area (Å²) in [6.45, 7) is 3.98. The van der Waals surface area contributed by atoms with E-state index in [0.29, 0.717) is 16.9 Å². The maximum atomic E-state index is 9.66. The number of aromatic nitrogens is 4. The van der Waals surface area contributed by atoms with Gasteiger partial charge in [-0.3, -0.25) is 9.55 Å². The predicted molar refractivity (Wildman–Crippen MR) is 100 cm³/mol. The fourth-order valence-corrected chi connectivity index (χ4v) is 3.55. The first-order chi connectivity index (χ1) is 12.5. The van der Waals surface area contributed by atoms with Gasteiger partial charge in [0.05, 0.1) is 30.8 Å². The summed E-state index contributed by atoms with van der Waals surface area (Å²) in [5, 5.41) is 9.66. The van der Waals surface area contributed by atoms with Crippen LogP contribution in [0, 0.1) is 25.2 Å². The Balaban J connectivity index is 2.26. The van der Waals surface area contributed by atoms with Crippen LogP contribution in [0.4, 0.5) is 5.82 Å². The third kappa shape index (κ3) is 1.93. The van der Waals surface area contributed by atoms with Crippen molar-refractivity contribution < 1.29 is 4.74 Å². The molecule has 0 unspecified atom stereocenters. The van der Waals surface area contributed by atoms with Crippen LogP contribution in [0.5, 0.6) is 5.75 Å². The molecule has 0 atom stereocenters. The first kappa shape index (κ1) is 16.0. The van der Waals surface area contributed by atoms with E-state index >= 15 is 0 Å². The number of nitrogens with zero attached hydrogens (tertiary/aromatic N) is 5. The van der Waals surface area contributed by atoms with Crippen LogP contribution in [0.1, 0.15) is 16.7 Å². The molecule has 2 N–H and O–H groups in total. The van der Waals surface area contributed by atoms with E-state index in [1.54, 1.807) is 19.6 Å². The molecule has 0 aliphatic carbocycles. The lowest BCUT2D eigenvalue weighted by Crippen LogP contribution is -2.06. The Morgan fingerprint density at radius 3 is 2.65 bits per heavy atom. The maximum Gasteiger partial charge on any atom is 0.129 e. The molecule has 4 aromatic rings. The van der Waals surface area contributed by atoms with Gasteiger partial charge >= 0.3 is 0 Å². The molecule has 0 fully saturated rings. The molecule has 0 aliphatic rings. The highest BCUT2D eigenvalue weighted by Gasteiger charge is 2.23. The molecule has 130 valence electrons. The summed E-state index contributed by atoms with van der Waals surface area (Å²) >= 11 is 0. The van der Waals surface area contributed by atoms with Crippen molar-refractivity contribution in [3.63, 3.8) is 0 Å². The Hall–Kier alpha value is -3.53. The van der Waals surface area contributed by atoms with E-state index in [2.05, 4.69) is 16.0 Å². The van der Waals surface area contributed by atoms with Crippen molar-refractivity contribution in [3.8, 4) is 17.5 Å². The number of imidazole rings is 1. The molecule has 7 heteroatoms. The Morgan fingerprint density at radius 2 is 1.96 bits per heavy atom. The van der Waals surface area contributed by atoms with E-state index in [9.17, 15) is 5.26 Å². The molecule has 0 saturated carbocycles. The summed E-state index contributed by atoms with van der Waals surface area (Å²) in [4.78, 5) is 9.04. The zero-order chi connectivity index (χ0) is 18.6. The van der Waals surface area contributed by atoms with Crippen LogP contribution in [-0.2, 0) is 7.05 Å². The third-order valence-electron chi connectivity index (χ3n) is 4.84. The molecule has 0 bridgehead atoms. The molecule has 0 saturated heterocycles. The summed E-state index contributed by atoms with van der Waals surface area (Å²) in [6.07, 6.45) is 3.46. The number of nitrogen functional groups attached to an aromatic ring is 1. The average Bonchev–Trinajstić information content (AvgIpc) is 3.13. The number of nitrogens with two attached hydrogens (primary N) is 1. The van der Waals surface area contributed by atoms with E-state index in [1.165, 1.54) is 0 Å². The van der Waals surface area contributed by atoms with E-state index in [-0.39, 0.29) is 0 Å². The lowest BCUT2D eigenvalue weighted by Gasteiger charge is -2.17. The van der Waals surface area contributed by atoms with E-state index in [4.69, 9.17) is 10.5 Å². The Morgan fingerprint density at radius 1 is 1.19 bits per heavy atom. The summed E-state index contributed by atoms with van der Waals surface area (Å²) < 4.78 is 9.26. The highest BCUT2D eigenvalue weighted by molar-refractivity contribution is 6.06. The number of nitriles is 1. The van der Waals surface area contributed by atoms with Gasteiger partial charge in [-0.15, -0.1) is 0 Å². The molecule has 26 heavy (non-hydrogen) atoms. The highest BCUT2D eigenvalue weighted by atomic mass is 16.5. The molecule has 3 heterocycles. The highest BCUT2D eigenvalue weighted by Crippen LogP contribution is 2.37. The van der Waals surface area contributed by atoms with Crippen LogP contribution in [0.15, 0.2) is 24.7 Å². The van der Waals surface area contributed by atoms with Gasteiger partial charge in [0.15, 0.2) is 0 Å². The van der Waals surface area contributed by atoms with E-state index < -0.39 is 0 Å². The normalized spacial score (nSPS) is 11.2. The van der Waals surface area contributed by atoms with Crippen molar-refractivity contribution in [2.45, 2.75) is 13.8 Å². The molecular weight excluding hydrogens is 328 g/mol. The first-order valence-electron chi connectivity index (χ1n) is 8.14. The van der Waals surface area contributed by atoms with Gasteiger partial charge in [-0.2, -0.15) is 5.26 Å². The molecule has 0 spiro atoms. The number of fused-ring (bicyclic) bond motifs is 3. The minimum Gasteiger partial charge on any atom is -0.496 e. The number of hydrogen-bond acceptors (Lipinski definition) is 5. The monoisotopic (exact) mass is 346 g/mol. The van der Waals surface area contributed by atoms with Crippen LogP contribution >= 0.6 is 0 Å². The molecule has 3 aromatic heterocycles. The van der Waals surface area contributed by atoms with Gasteiger partial charge in [-0.25, -0.2) is 4.98 Å². The molecule has 1 aromatic carbocycles. The number of anilines is 1. The Labute approximate surface area is 150 Å². The minimum absolute atomic E-state index is 0.354. The van der Waals surface area contributed by atoms with E-state index in [0.717, 1.165) is 39.1 Å². The van der Waals surface area contributed by atoms with Crippen molar-refractivity contribution >= 4 is 27.9 Å². The Kier molecular flexibility index (Phi) is 3.37. The summed E-state index contributed by atoms with van der Waals surface area (Å²) in [6, 6.07) is 6.10. The average molecular weight is 346 g/mol. The van der Waals surface area contributed by atoms with Gasteiger partial charge in [-0.05, 0) is 25.5 Å². The quantitative estimate of drug-likeness (QED) is 0.602. The van der Waals surface area contributed by atoms with Crippen molar-refractivity contribution in [2.75, 3.05) is 12.8 Å². The second kappa shape index (κ2) is 5.49. The predicted octanol–water partition coefficient (Wildman–Crippen LogP) is 2.99. The number of hydrogen-bond donors (Lipinski definition) is 1. The van der Waals surface area contributed by atoms with Crippen LogP contribution < -0.4 is 10.5 Å². The summed E-state index contributed by atoms with van der Waals surface area (Å²) in [5.41, 5.74) is 12.5. The van der Waals surface area contributed by atoms with Gasteiger partial charge in [0.25, 0.3) is 0 Å². The van der Waals surface area contributed by atoms with Gasteiger partial charge in [0.1, 0.15) is 39.8 Å². The molecule has 0 radical (unpaired) electrons. The van der Waals surface area contributed by atoms with Gasteiger partial charge in [0.2, 0.25) is 0 Å². The zero-order valence-electron chi connectivity index (χ0n) is 15.0. The van der Waals surface area contributed by atoms with Crippen LogP contribution in [0.25, 0.3) is 27.8 Å². The number of methoxy groups -OCH3 is 1. The Bertz CT molecular complexity index is 1220. The van der Waals surface area contributed by atoms with Crippen LogP contribution in [-0.4, -0.2) is 26.2 Å². The molecule has 7 nitrogen and oxygen atoms in total. The fourth-order valence-electron chi connectivity index (χ4n) is 3.55. The lowest BCUT2D eigenvalue weighted by molar-refractivity contribution is 0.411. The molecule has 0 amide bonds.